The lowest BCUT2D eigenvalue weighted by Crippen LogP contribution is -2.46. The number of hydrogen-bond donors (Lipinski definition) is 2. The Bertz CT molecular complexity index is 1670. The predicted molar refractivity (Wildman–Crippen MR) is 158 cm³/mol. The molecule has 2 N–H and O–H groups in total. The SMILES string of the molecule is Cl.O=C(O)CN(c1ccc2c(ccn2-c2cccc(C(=O)N3CCNCC3)c2)c1)S(=O)(=O)c1cc(Cl)cc(Cl)c1. The van der Waals surface area contributed by atoms with Crippen LogP contribution in [-0.4, -0.2) is 67.6 Å². The molecule has 2 heterocycles. The van der Waals surface area contributed by atoms with E-state index in [0.717, 1.165) is 28.6 Å². The number of carbonyl (C=O) groups is 2. The maximum atomic E-state index is 13.5. The van der Waals surface area contributed by atoms with Gasteiger partial charge in [-0.05, 0) is 60.7 Å². The zero-order valence-electron chi connectivity index (χ0n) is 21.0. The quantitative estimate of drug-likeness (QED) is 0.309. The molecular formula is C27H25Cl3N4O5S. The first kappa shape index (κ1) is 29.7. The van der Waals surface area contributed by atoms with E-state index in [1.165, 1.54) is 18.2 Å². The molecule has 0 atom stereocenters. The number of nitrogens with zero attached hydrogens (tertiary/aromatic N) is 3. The number of nitrogens with one attached hydrogen (secondary N) is 1. The number of sulfonamides is 1. The molecule has 0 bridgehead atoms. The summed E-state index contributed by atoms with van der Waals surface area (Å²) in [5.74, 6) is -1.36. The Hall–Kier alpha value is -3.28. The van der Waals surface area contributed by atoms with Crippen molar-refractivity contribution in [1.82, 2.24) is 14.8 Å². The van der Waals surface area contributed by atoms with Crippen LogP contribution in [0.15, 0.2) is 77.8 Å². The first-order valence-corrected chi connectivity index (χ1v) is 14.3. The van der Waals surface area contributed by atoms with Crippen LogP contribution in [0.2, 0.25) is 10.0 Å². The number of halogens is 3. The highest BCUT2D eigenvalue weighted by Gasteiger charge is 2.28. The predicted octanol–water partition coefficient (Wildman–Crippen LogP) is 4.68. The molecule has 0 unspecified atom stereocenters. The second kappa shape index (κ2) is 12.1. The zero-order chi connectivity index (χ0) is 27.7. The Labute approximate surface area is 247 Å². The molecule has 210 valence electrons. The van der Waals surface area contributed by atoms with Crippen LogP contribution in [0.1, 0.15) is 10.4 Å². The van der Waals surface area contributed by atoms with Gasteiger partial charge in [-0.15, -0.1) is 12.4 Å². The van der Waals surface area contributed by atoms with Crippen LogP contribution in [0.25, 0.3) is 16.6 Å². The number of fused-ring (bicyclic) bond motifs is 1. The summed E-state index contributed by atoms with van der Waals surface area (Å²) in [5.41, 5.74) is 2.26. The highest BCUT2D eigenvalue weighted by molar-refractivity contribution is 7.92. The number of aliphatic carboxylic acids is 1. The number of piperazine rings is 1. The van der Waals surface area contributed by atoms with Gasteiger partial charge in [-0.3, -0.25) is 13.9 Å². The average Bonchev–Trinajstić information content (AvgIpc) is 3.34. The van der Waals surface area contributed by atoms with Crippen molar-refractivity contribution in [3.05, 3.63) is 88.5 Å². The second-order valence-electron chi connectivity index (χ2n) is 9.03. The van der Waals surface area contributed by atoms with Crippen molar-refractivity contribution >= 4 is 74.1 Å². The zero-order valence-corrected chi connectivity index (χ0v) is 24.1. The molecule has 1 fully saturated rings. The lowest BCUT2D eigenvalue weighted by molar-refractivity contribution is -0.135. The fourth-order valence-corrected chi connectivity index (χ4v) is 6.73. The minimum Gasteiger partial charge on any atom is -0.480 e. The topological polar surface area (TPSA) is 112 Å². The van der Waals surface area contributed by atoms with Crippen molar-refractivity contribution in [3.8, 4) is 5.69 Å². The third kappa shape index (κ3) is 6.06. The summed E-state index contributed by atoms with van der Waals surface area (Å²) in [4.78, 5) is 26.3. The summed E-state index contributed by atoms with van der Waals surface area (Å²) in [7, 11) is -4.30. The Morgan fingerprint density at radius 2 is 1.65 bits per heavy atom. The molecule has 0 radical (unpaired) electrons. The van der Waals surface area contributed by atoms with Crippen LogP contribution in [0.5, 0.6) is 0 Å². The van der Waals surface area contributed by atoms with Gasteiger partial charge in [0.2, 0.25) is 0 Å². The molecule has 1 amide bonds. The van der Waals surface area contributed by atoms with Crippen LogP contribution in [0.4, 0.5) is 5.69 Å². The van der Waals surface area contributed by atoms with E-state index in [-0.39, 0.29) is 38.9 Å². The number of hydrogen-bond acceptors (Lipinski definition) is 5. The Kier molecular flexibility index (Phi) is 8.96. The normalized spacial score (nSPS) is 13.6. The summed E-state index contributed by atoms with van der Waals surface area (Å²) < 4.78 is 29.6. The molecule has 40 heavy (non-hydrogen) atoms. The van der Waals surface area contributed by atoms with Gasteiger partial charge in [-0.1, -0.05) is 29.3 Å². The average molecular weight is 624 g/mol. The first-order valence-electron chi connectivity index (χ1n) is 12.1. The minimum absolute atomic E-state index is 0. The smallest absolute Gasteiger partial charge is 0.324 e. The monoisotopic (exact) mass is 622 g/mol. The Morgan fingerprint density at radius 1 is 0.950 bits per heavy atom. The summed E-state index contributed by atoms with van der Waals surface area (Å²) in [6.45, 7) is 2.02. The van der Waals surface area contributed by atoms with Gasteiger partial charge in [0, 0.05) is 59.1 Å². The van der Waals surface area contributed by atoms with Crippen LogP contribution in [0, 0.1) is 0 Å². The number of anilines is 1. The van der Waals surface area contributed by atoms with Gasteiger partial charge < -0.3 is 19.9 Å². The number of carbonyl (C=O) groups excluding carboxylic acids is 1. The van der Waals surface area contributed by atoms with Crippen molar-refractivity contribution in [2.24, 2.45) is 0 Å². The molecule has 1 aromatic heterocycles. The van der Waals surface area contributed by atoms with E-state index in [2.05, 4.69) is 5.32 Å². The van der Waals surface area contributed by atoms with E-state index in [0.29, 0.717) is 24.0 Å². The van der Waals surface area contributed by atoms with Crippen molar-refractivity contribution in [2.45, 2.75) is 4.90 Å². The van der Waals surface area contributed by atoms with E-state index >= 15 is 0 Å². The Morgan fingerprint density at radius 3 is 2.33 bits per heavy atom. The number of carboxylic acid groups (broad SMARTS) is 1. The highest BCUT2D eigenvalue weighted by Crippen LogP contribution is 2.31. The minimum atomic E-state index is -4.30. The maximum Gasteiger partial charge on any atom is 0.324 e. The molecule has 5 rings (SSSR count). The molecule has 1 aliphatic rings. The van der Waals surface area contributed by atoms with E-state index in [9.17, 15) is 23.1 Å². The van der Waals surface area contributed by atoms with Gasteiger partial charge in [-0.2, -0.15) is 0 Å². The van der Waals surface area contributed by atoms with Crippen LogP contribution >= 0.6 is 35.6 Å². The van der Waals surface area contributed by atoms with Crippen LogP contribution < -0.4 is 9.62 Å². The summed E-state index contributed by atoms with van der Waals surface area (Å²) in [6, 6.07) is 17.8. The molecule has 3 aromatic carbocycles. The molecular weight excluding hydrogens is 599 g/mol. The van der Waals surface area contributed by atoms with E-state index in [1.807, 2.05) is 33.9 Å². The summed E-state index contributed by atoms with van der Waals surface area (Å²) in [5, 5.41) is 13.6. The van der Waals surface area contributed by atoms with Crippen molar-refractivity contribution < 1.29 is 23.1 Å². The molecule has 0 saturated carbocycles. The largest absolute Gasteiger partial charge is 0.480 e. The summed E-state index contributed by atoms with van der Waals surface area (Å²) >= 11 is 12.0. The molecule has 0 aliphatic carbocycles. The third-order valence-electron chi connectivity index (χ3n) is 6.44. The Balaban J connectivity index is 0.00000370. The van der Waals surface area contributed by atoms with Crippen molar-refractivity contribution in [2.75, 3.05) is 37.0 Å². The van der Waals surface area contributed by atoms with Crippen molar-refractivity contribution in [3.63, 3.8) is 0 Å². The van der Waals surface area contributed by atoms with Gasteiger partial charge in [0.25, 0.3) is 15.9 Å². The summed E-state index contributed by atoms with van der Waals surface area (Å²) in [6.07, 6.45) is 1.82. The lowest BCUT2D eigenvalue weighted by atomic mass is 10.1. The van der Waals surface area contributed by atoms with Crippen molar-refractivity contribution in [1.29, 1.82) is 0 Å². The van der Waals surface area contributed by atoms with Crippen LogP contribution in [-0.2, 0) is 14.8 Å². The second-order valence-corrected chi connectivity index (χ2v) is 11.8. The molecule has 1 saturated heterocycles. The third-order valence-corrected chi connectivity index (χ3v) is 8.63. The molecule has 9 nitrogen and oxygen atoms in total. The number of rotatable bonds is 7. The standard InChI is InChI=1S/C27H24Cl2N4O5S.ClH/c28-20-14-21(29)16-24(15-20)39(37,38)33(17-26(34)35)23-4-5-25-18(12-23)6-9-32(25)22-3-1-2-19(13-22)27(36)31-10-7-30-8-11-31;/h1-6,9,12-16,30H,7-8,10-11,17H2,(H,34,35);1H. The van der Waals surface area contributed by atoms with Gasteiger partial charge in [0.1, 0.15) is 6.54 Å². The molecule has 0 spiro atoms. The number of amides is 1. The molecule has 4 aromatic rings. The van der Waals surface area contributed by atoms with Gasteiger partial charge in [0.15, 0.2) is 0 Å². The van der Waals surface area contributed by atoms with E-state index in [4.69, 9.17) is 23.2 Å². The van der Waals surface area contributed by atoms with Gasteiger partial charge in [-0.25, -0.2) is 8.42 Å². The van der Waals surface area contributed by atoms with Crippen LogP contribution in [0.3, 0.4) is 0 Å². The first-order chi connectivity index (χ1) is 18.6. The fourth-order valence-electron chi connectivity index (χ4n) is 4.59. The molecule has 1 aliphatic heterocycles. The number of aromatic nitrogens is 1. The van der Waals surface area contributed by atoms with E-state index in [1.54, 1.807) is 30.3 Å². The fraction of sp³-hybridized carbons (Fsp3) is 0.185. The number of benzene rings is 3. The number of carboxylic acids is 1. The lowest BCUT2D eigenvalue weighted by Gasteiger charge is -2.27. The maximum absolute atomic E-state index is 13.5. The highest BCUT2D eigenvalue weighted by atomic mass is 35.5. The molecule has 13 heteroatoms. The van der Waals surface area contributed by atoms with Gasteiger partial charge in [0.05, 0.1) is 16.1 Å². The van der Waals surface area contributed by atoms with E-state index < -0.39 is 22.5 Å². The van der Waals surface area contributed by atoms with Gasteiger partial charge >= 0.3 is 5.97 Å².